The van der Waals surface area contributed by atoms with Crippen molar-refractivity contribution < 1.29 is 4.39 Å². The maximum Gasteiger partial charge on any atom is 0.251 e. The van der Waals surface area contributed by atoms with Crippen molar-refractivity contribution in [2.45, 2.75) is 20.3 Å². The van der Waals surface area contributed by atoms with E-state index in [1.165, 1.54) is 23.8 Å². The summed E-state index contributed by atoms with van der Waals surface area (Å²) in [5.74, 6) is -0.315. The van der Waals surface area contributed by atoms with Gasteiger partial charge in [0.15, 0.2) is 0 Å². The van der Waals surface area contributed by atoms with Crippen LogP contribution in [-0.4, -0.2) is 14.6 Å². The monoisotopic (exact) mass is 347 g/mol. The minimum atomic E-state index is -0.315. The second kappa shape index (κ2) is 6.26. The number of benzene rings is 2. The average molecular weight is 347 g/mol. The molecule has 0 aliphatic carbocycles. The summed E-state index contributed by atoms with van der Waals surface area (Å²) in [4.78, 5) is 15.2. The molecule has 0 saturated carbocycles. The van der Waals surface area contributed by atoms with E-state index < -0.39 is 0 Å². The number of aryl methyl sites for hydroxylation is 2. The van der Waals surface area contributed by atoms with Crippen LogP contribution in [-0.2, 0) is 6.42 Å². The quantitative estimate of drug-likeness (QED) is 0.598. The van der Waals surface area contributed by atoms with Gasteiger partial charge in [-0.1, -0.05) is 36.8 Å². The summed E-state index contributed by atoms with van der Waals surface area (Å²) in [5.41, 5.74) is 5.82. The van der Waals surface area contributed by atoms with Gasteiger partial charge in [-0.3, -0.25) is 4.79 Å². The molecule has 2 aromatic carbocycles. The number of hydrogen-bond donors (Lipinski definition) is 1. The molecule has 0 aliphatic heterocycles. The number of halogens is 1. The fourth-order valence-corrected chi connectivity index (χ4v) is 3.19. The largest absolute Gasteiger partial charge is 0.306 e. The first kappa shape index (κ1) is 16.3. The Morgan fingerprint density at radius 1 is 1.04 bits per heavy atom. The van der Waals surface area contributed by atoms with Crippen LogP contribution < -0.4 is 5.56 Å². The molecule has 2 aromatic heterocycles. The van der Waals surface area contributed by atoms with Gasteiger partial charge in [0.05, 0.1) is 11.4 Å². The van der Waals surface area contributed by atoms with Crippen LogP contribution >= 0.6 is 0 Å². The maximum atomic E-state index is 13.3. The Morgan fingerprint density at radius 3 is 2.35 bits per heavy atom. The number of aromatic nitrogens is 3. The van der Waals surface area contributed by atoms with Crippen molar-refractivity contribution in [2.24, 2.45) is 0 Å². The van der Waals surface area contributed by atoms with Gasteiger partial charge in [0.25, 0.3) is 5.56 Å². The SMILES string of the molecule is CCc1nn2c(-c3ccc(F)cc3)cc(=O)[nH]c2c1-c1ccc(C)cc1. The lowest BCUT2D eigenvalue weighted by molar-refractivity contribution is 0.628. The van der Waals surface area contributed by atoms with Crippen LogP contribution in [0.3, 0.4) is 0 Å². The molecule has 0 spiro atoms. The lowest BCUT2D eigenvalue weighted by atomic mass is 10.0. The van der Waals surface area contributed by atoms with E-state index in [4.69, 9.17) is 5.10 Å². The Kier molecular flexibility index (Phi) is 3.92. The Balaban J connectivity index is 2.04. The van der Waals surface area contributed by atoms with Crippen molar-refractivity contribution in [2.75, 3.05) is 0 Å². The summed E-state index contributed by atoms with van der Waals surface area (Å²) in [7, 11) is 0. The molecule has 0 amide bonds. The van der Waals surface area contributed by atoms with Gasteiger partial charge in [-0.25, -0.2) is 8.91 Å². The lowest BCUT2D eigenvalue weighted by Gasteiger charge is -2.06. The second-order valence-corrected chi connectivity index (χ2v) is 6.33. The predicted octanol–water partition coefficient (Wildman–Crippen LogP) is 4.37. The molecule has 0 saturated heterocycles. The molecule has 0 atom stereocenters. The van der Waals surface area contributed by atoms with E-state index in [0.717, 1.165) is 28.8 Å². The molecule has 4 nitrogen and oxygen atoms in total. The van der Waals surface area contributed by atoms with Crippen molar-refractivity contribution in [3.8, 4) is 22.4 Å². The van der Waals surface area contributed by atoms with Gasteiger partial charge in [-0.05, 0) is 43.2 Å². The van der Waals surface area contributed by atoms with Crippen molar-refractivity contribution in [3.05, 3.63) is 82.0 Å². The van der Waals surface area contributed by atoms with Crippen molar-refractivity contribution in [3.63, 3.8) is 0 Å². The Bertz CT molecular complexity index is 1140. The molecule has 0 radical (unpaired) electrons. The summed E-state index contributed by atoms with van der Waals surface area (Å²) in [6, 6.07) is 15.7. The van der Waals surface area contributed by atoms with Crippen molar-refractivity contribution in [1.82, 2.24) is 14.6 Å². The molecule has 0 fully saturated rings. The number of nitrogens with zero attached hydrogens (tertiary/aromatic N) is 2. The normalized spacial score (nSPS) is 11.2. The fourth-order valence-electron chi connectivity index (χ4n) is 3.19. The van der Waals surface area contributed by atoms with Crippen molar-refractivity contribution >= 4 is 5.65 Å². The van der Waals surface area contributed by atoms with E-state index in [-0.39, 0.29) is 11.4 Å². The van der Waals surface area contributed by atoms with Gasteiger partial charge in [-0.2, -0.15) is 5.10 Å². The Morgan fingerprint density at radius 2 is 1.69 bits per heavy atom. The third-order valence-electron chi connectivity index (χ3n) is 4.51. The first-order chi connectivity index (χ1) is 12.6. The van der Waals surface area contributed by atoms with Crippen LogP contribution in [0.4, 0.5) is 4.39 Å². The molecule has 0 aliphatic rings. The smallest absolute Gasteiger partial charge is 0.251 e. The zero-order valence-electron chi connectivity index (χ0n) is 14.6. The number of nitrogens with one attached hydrogen (secondary N) is 1. The highest BCUT2D eigenvalue weighted by atomic mass is 19.1. The zero-order chi connectivity index (χ0) is 18.3. The standard InChI is InChI=1S/C21H18FN3O/c1-3-17-20(15-6-4-13(2)5-7-15)21-23-19(26)12-18(25(21)24-17)14-8-10-16(22)11-9-14/h4-12H,3H2,1-2H3,(H,23,26). The van der Waals surface area contributed by atoms with Crippen LogP contribution in [0.5, 0.6) is 0 Å². The molecule has 5 heteroatoms. The van der Waals surface area contributed by atoms with Crippen LogP contribution in [0.2, 0.25) is 0 Å². The van der Waals surface area contributed by atoms with Gasteiger partial charge < -0.3 is 4.98 Å². The molecule has 0 unspecified atom stereocenters. The number of hydrogen-bond acceptors (Lipinski definition) is 2. The summed E-state index contributed by atoms with van der Waals surface area (Å²) in [6.07, 6.45) is 0.732. The van der Waals surface area contributed by atoms with E-state index in [1.54, 1.807) is 16.6 Å². The summed E-state index contributed by atoms with van der Waals surface area (Å²) in [5, 5.41) is 4.72. The van der Waals surface area contributed by atoms with E-state index in [9.17, 15) is 9.18 Å². The summed E-state index contributed by atoms with van der Waals surface area (Å²) in [6.45, 7) is 4.07. The van der Waals surface area contributed by atoms with Crippen LogP contribution in [0.1, 0.15) is 18.2 Å². The third-order valence-corrected chi connectivity index (χ3v) is 4.51. The first-order valence-electron chi connectivity index (χ1n) is 8.54. The lowest BCUT2D eigenvalue weighted by Crippen LogP contribution is -2.09. The first-order valence-corrected chi connectivity index (χ1v) is 8.54. The number of rotatable bonds is 3. The average Bonchev–Trinajstić information content (AvgIpc) is 3.01. The number of fused-ring (bicyclic) bond motifs is 1. The molecular weight excluding hydrogens is 329 g/mol. The summed E-state index contributed by atoms with van der Waals surface area (Å²) < 4.78 is 15.0. The Hall–Kier alpha value is -3.21. The van der Waals surface area contributed by atoms with Gasteiger partial charge >= 0.3 is 0 Å². The van der Waals surface area contributed by atoms with Crippen molar-refractivity contribution in [1.29, 1.82) is 0 Å². The topological polar surface area (TPSA) is 50.2 Å². The fraction of sp³-hybridized carbons (Fsp3) is 0.143. The summed E-state index contributed by atoms with van der Waals surface area (Å²) >= 11 is 0. The van der Waals surface area contributed by atoms with Gasteiger partial charge in [0.2, 0.25) is 0 Å². The molecule has 26 heavy (non-hydrogen) atoms. The molecule has 4 rings (SSSR count). The minimum absolute atomic E-state index is 0.215. The van der Waals surface area contributed by atoms with Crippen LogP contribution in [0.25, 0.3) is 28.0 Å². The van der Waals surface area contributed by atoms with Gasteiger partial charge in [-0.15, -0.1) is 0 Å². The maximum absolute atomic E-state index is 13.3. The highest BCUT2D eigenvalue weighted by Crippen LogP contribution is 2.30. The van der Waals surface area contributed by atoms with Crippen LogP contribution in [0, 0.1) is 12.7 Å². The Labute approximate surface area is 149 Å². The van der Waals surface area contributed by atoms with Gasteiger partial charge in [0, 0.05) is 17.2 Å². The highest BCUT2D eigenvalue weighted by molar-refractivity contribution is 5.81. The van der Waals surface area contributed by atoms with E-state index in [1.807, 2.05) is 38.1 Å². The van der Waals surface area contributed by atoms with E-state index in [0.29, 0.717) is 11.3 Å². The zero-order valence-corrected chi connectivity index (χ0v) is 14.6. The second-order valence-electron chi connectivity index (χ2n) is 6.33. The van der Waals surface area contributed by atoms with Gasteiger partial charge in [0.1, 0.15) is 11.5 Å². The van der Waals surface area contributed by atoms with Crippen LogP contribution in [0.15, 0.2) is 59.4 Å². The number of H-pyrrole nitrogens is 1. The predicted molar refractivity (Wildman–Crippen MR) is 101 cm³/mol. The molecule has 4 aromatic rings. The molecular formula is C21H18FN3O. The minimum Gasteiger partial charge on any atom is -0.306 e. The van der Waals surface area contributed by atoms with E-state index >= 15 is 0 Å². The molecule has 2 heterocycles. The number of aromatic amines is 1. The molecule has 1 N–H and O–H groups in total. The highest BCUT2D eigenvalue weighted by Gasteiger charge is 2.17. The third kappa shape index (κ3) is 2.71. The molecule has 130 valence electrons. The van der Waals surface area contributed by atoms with E-state index in [2.05, 4.69) is 4.98 Å². The molecule has 0 bridgehead atoms.